The first-order valence-electron chi connectivity index (χ1n) is 8.59. The third kappa shape index (κ3) is 5.44. The summed E-state index contributed by atoms with van der Waals surface area (Å²) >= 11 is 0. The molecule has 0 spiro atoms. The highest BCUT2D eigenvalue weighted by atomic mass is 16.5. The minimum absolute atomic E-state index is 0.457. The normalized spacial score (nSPS) is 26.0. The van der Waals surface area contributed by atoms with E-state index >= 15 is 0 Å². The quantitative estimate of drug-likeness (QED) is 0.745. The van der Waals surface area contributed by atoms with Gasteiger partial charge in [0.2, 0.25) is 0 Å². The molecule has 0 aliphatic heterocycles. The minimum Gasteiger partial charge on any atom is -0.374 e. The number of hydrogen-bond acceptors (Lipinski definition) is 2. The molecule has 1 aromatic carbocycles. The second kappa shape index (κ2) is 8.55. The van der Waals surface area contributed by atoms with Crippen LogP contribution in [0.1, 0.15) is 57.6 Å². The van der Waals surface area contributed by atoms with E-state index < -0.39 is 0 Å². The number of ether oxygens (including phenoxy) is 1. The summed E-state index contributed by atoms with van der Waals surface area (Å²) in [7, 11) is 0. The van der Waals surface area contributed by atoms with Crippen molar-refractivity contribution in [1.29, 1.82) is 0 Å². The van der Waals surface area contributed by atoms with Gasteiger partial charge in [0.25, 0.3) is 0 Å². The Morgan fingerprint density at radius 2 is 1.95 bits per heavy atom. The molecule has 1 N–H and O–H groups in total. The van der Waals surface area contributed by atoms with Crippen molar-refractivity contribution < 1.29 is 4.74 Å². The Labute approximate surface area is 130 Å². The van der Waals surface area contributed by atoms with Gasteiger partial charge in [0.05, 0.1) is 12.7 Å². The van der Waals surface area contributed by atoms with Crippen LogP contribution < -0.4 is 5.32 Å². The zero-order valence-electron chi connectivity index (χ0n) is 13.9. The molecule has 2 nitrogen and oxygen atoms in total. The standard InChI is InChI=1S/C19H31NO/c1-4-10-20-13-17-6-5-7-18(12-17)14-21-19-9-8-15(2)16(3)11-19/h5-7,12,15-16,19-20H,4,8-11,13-14H2,1-3H3. The molecule has 1 saturated carbocycles. The molecule has 21 heavy (non-hydrogen) atoms. The summed E-state index contributed by atoms with van der Waals surface area (Å²) in [6, 6.07) is 8.79. The molecule has 0 bridgehead atoms. The SMILES string of the molecule is CCCNCc1cccc(COC2CCC(C)C(C)C2)c1. The largest absolute Gasteiger partial charge is 0.374 e. The van der Waals surface area contributed by atoms with Crippen LogP contribution in [0.2, 0.25) is 0 Å². The summed E-state index contributed by atoms with van der Waals surface area (Å²) in [5.41, 5.74) is 2.66. The van der Waals surface area contributed by atoms with E-state index in [0.29, 0.717) is 6.10 Å². The summed E-state index contributed by atoms with van der Waals surface area (Å²) < 4.78 is 6.15. The zero-order valence-corrected chi connectivity index (χ0v) is 13.9. The van der Waals surface area contributed by atoms with Crippen molar-refractivity contribution in [2.24, 2.45) is 11.8 Å². The van der Waals surface area contributed by atoms with E-state index in [0.717, 1.165) is 31.5 Å². The van der Waals surface area contributed by atoms with Gasteiger partial charge in [-0.15, -0.1) is 0 Å². The molecule has 3 atom stereocenters. The Kier molecular flexibility index (Phi) is 6.72. The van der Waals surface area contributed by atoms with Gasteiger partial charge >= 0.3 is 0 Å². The summed E-state index contributed by atoms with van der Waals surface area (Å²) in [4.78, 5) is 0. The Morgan fingerprint density at radius 1 is 1.14 bits per heavy atom. The Bertz CT molecular complexity index is 418. The lowest BCUT2D eigenvalue weighted by Gasteiger charge is -2.32. The molecule has 1 aliphatic rings. The van der Waals surface area contributed by atoms with Gasteiger partial charge in [0, 0.05) is 6.54 Å². The van der Waals surface area contributed by atoms with Crippen molar-refractivity contribution in [2.45, 2.75) is 65.7 Å². The maximum atomic E-state index is 6.15. The van der Waals surface area contributed by atoms with Crippen molar-refractivity contribution in [3.8, 4) is 0 Å². The minimum atomic E-state index is 0.457. The molecule has 0 amide bonds. The summed E-state index contributed by atoms with van der Waals surface area (Å²) in [5, 5.41) is 3.45. The zero-order chi connectivity index (χ0) is 15.1. The van der Waals surface area contributed by atoms with Gasteiger partial charge in [-0.1, -0.05) is 45.0 Å². The second-order valence-electron chi connectivity index (χ2n) is 6.70. The highest BCUT2D eigenvalue weighted by Crippen LogP contribution is 2.31. The van der Waals surface area contributed by atoms with E-state index in [2.05, 4.69) is 50.4 Å². The lowest BCUT2D eigenvalue weighted by Crippen LogP contribution is -2.26. The van der Waals surface area contributed by atoms with Crippen LogP contribution >= 0.6 is 0 Å². The molecule has 0 saturated heterocycles. The summed E-state index contributed by atoms with van der Waals surface area (Å²) in [6.45, 7) is 9.73. The first-order chi connectivity index (χ1) is 10.2. The highest BCUT2D eigenvalue weighted by molar-refractivity contribution is 5.22. The topological polar surface area (TPSA) is 21.3 Å². The van der Waals surface area contributed by atoms with Crippen molar-refractivity contribution >= 4 is 0 Å². The van der Waals surface area contributed by atoms with Crippen LogP contribution in [0.3, 0.4) is 0 Å². The van der Waals surface area contributed by atoms with Crippen LogP contribution in [0.15, 0.2) is 24.3 Å². The van der Waals surface area contributed by atoms with Gasteiger partial charge in [-0.05, 0) is 55.2 Å². The van der Waals surface area contributed by atoms with Gasteiger partial charge in [-0.2, -0.15) is 0 Å². The molecule has 0 aromatic heterocycles. The van der Waals surface area contributed by atoms with E-state index in [1.54, 1.807) is 0 Å². The number of benzene rings is 1. The fourth-order valence-electron chi connectivity index (χ4n) is 3.10. The molecular weight excluding hydrogens is 258 g/mol. The first kappa shape index (κ1) is 16.5. The van der Waals surface area contributed by atoms with E-state index in [4.69, 9.17) is 4.74 Å². The second-order valence-corrected chi connectivity index (χ2v) is 6.70. The third-order valence-corrected chi connectivity index (χ3v) is 4.78. The van der Waals surface area contributed by atoms with Crippen molar-refractivity contribution in [3.05, 3.63) is 35.4 Å². The highest BCUT2D eigenvalue weighted by Gasteiger charge is 2.24. The maximum absolute atomic E-state index is 6.15. The number of rotatable bonds is 7. The molecule has 2 heteroatoms. The fraction of sp³-hybridized carbons (Fsp3) is 0.684. The predicted octanol–water partition coefficient (Wildman–Crippen LogP) is 4.53. The summed E-state index contributed by atoms with van der Waals surface area (Å²) in [5.74, 6) is 1.66. The van der Waals surface area contributed by atoms with Crippen LogP contribution in [-0.2, 0) is 17.9 Å². The van der Waals surface area contributed by atoms with Crippen LogP contribution in [0.5, 0.6) is 0 Å². The average Bonchev–Trinajstić information content (AvgIpc) is 2.49. The maximum Gasteiger partial charge on any atom is 0.0720 e. The van der Waals surface area contributed by atoms with Gasteiger partial charge in [0.1, 0.15) is 0 Å². The average molecular weight is 289 g/mol. The van der Waals surface area contributed by atoms with Gasteiger partial charge in [-0.3, -0.25) is 0 Å². The molecule has 1 fully saturated rings. The van der Waals surface area contributed by atoms with Crippen LogP contribution in [0, 0.1) is 11.8 Å². The molecule has 2 rings (SSSR count). The molecule has 1 aromatic rings. The van der Waals surface area contributed by atoms with Crippen molar-refractivity contribution in [1.82, 2.24) is 5.32 Å². The van der Waals surface area contributed by atoms with Gasteiger partial charge in [-0.25, -0.2) is 0 Å². The van der Waals surface area contributed by atoms with E-state index in [1.807, 2.05) is 0 Å². The molecule has 1 aliphatic carbocycles. The first-order valence-corrected chi connectivity index (χ1v) is 8.59. The van der Waals surface area contributed by atoms with E-state index in [-0.39, 0.29) is 0 Å². The van der Waals surface area contributed by atoms with E-state index in [9.17, 15) is 0 Å². The monoisotopic (exact) mass is 289 g/mol. The Balaban J connectivity index is 1.79. The Morgan fingerprint density at radius 3 is 2.71 bits per heavy atom. The Hall–Kier alpha value is -0.860. The van der Waals surface area contributed by atoms with Gasteiger partial charge in [0.15, 0.2) is 0 Å². The fourth-order valence-corrected chi connectivity index (χ4v) is 3.10. The van der Waals surface area contributed by atoms with E-state index in [1.165, 1.54) is 36.8 Å². The molecule has 118 valence electrons. The molecular formula is C19H31NO. The van der Waals surface area contributed by atoms with Crippen LogP contribution in [0.25, 0.3) is 0 Å². The predicted molar refractivity (Wildman–Crippen MR) is 89.2 cm³/mol. The van der Waals surface area contributed by atoms with Gasteiger partial charge < -0.3 is 10.1 Å². The molecule has 0 heterocycles. The smallest absolute Gasteiger partial charge is 0.0720 e. The van der Waals surface area contributed by atoms with Crippen LogP contribution in [-0.4, -0.2) is 12.6 Å². The lowest BCUT2D eigenvalue weighted by molar-refractivity contribution is -0.00747. The summed E-state index contributed by atoms with van der Waals surface area (Å²) in [6.07, 6.45) is 5.40. The molecule has 3 unspecified atom stereocenters. The number of nitrogens with one attached hydrogen (secondary N) is 1. The van der Waals surface area contributed by atoms with Crippen molar-refractivity contribution in [3.63, 3.8) is 0 Å². The van der Waals surface area contributed by atoms with Crippen LogP contribution in [0.4, 0.5) is 0 Å². The van der Waals surface area contributed by atoms with Crippen molar-refractivity contribution in [2.75, 3.05) is 6.54 Å². The third-order valence-electron chi connectivity index (χ3n) is 4.78. The lowest BCUT2D eigenvalue weighted by atomic mass is 9.80. The molecule has 0 radical (unpaired) electrons. The number of hydrogen-bond donors (Lipinski definition) is 1.